The van der Waals surface area contributed by atoms with Crippen LogP contribution in [-0.2, 0) is 158 Å². The molecule has 0 unspecified atom stereocenters. The Labute approximate surface area is 179 Å². The minimum Gasteiger partial charge on any atom is 6.00 e. The molecule has 0 aromatic carbocycles. The smallest absolute Gasteiger partial charge is 6.00 e. The van der Waals surface area contributed by atoms with Crippen LogP contribution in [0.25, 0.3) is 0 Å². The molecular weight excluding hydrogens is 777 g/mol. The topological polar surface area (TPSA) is 343 Å². The molecule has 18 nitrogen and oxygen atoms in total. The molecule has 0 aliphatic carbocycles. The van der Waals surface area contributed by atoms with Gasteiger partial charge in [0.1, 0.15) is 0 Å². The Morgan fingerprint density at radius 1 is 0.280 bits per heavy atom. The second-order valence-corrected chi connectivity index (χ2v) is 5.53. The zero-order chi connectivity index (χ0) is 21.5. The molecule has 0 radical (unpaired) electrons. The Balaban J connectivity index is -0.0000000309. The van der Waals surface area contributed by atoms with Crippen molar-refractivity contribution in [3.63, 3.8) is 0 Å². The Hall–Kier alpha value is 1.55. The molecule has 0 atom stereocenters. The van der Waals surface area contributed by atoms with Crippen LogP contribution in [0.3, 0.4) is 0 Å². The van der Waals surface area contributed by atoms with E-state index >= 15 is 0 Å². The predicted molar refractivity (Wildman–Crippen MR) is 8.24 cm³/mol. The third kappa shape index (κ3) is 5870. The van der Waals surface area contributed by atoms with Gasteiger partial charge in [0.2, 0.25) is 0 Å². The van der Waals surface area contributed by atoms with Crippen LogP contribution in [0, 0.1) is 0 Å². The van der Waals surface area contributed by atoms with Gasteiger partial charge in [-0.05, 0) is 0 Å². The van der Waals surface area contributed by atoms with Crippen LogP contribution < -0.4 is 24.2 Å². The summed E-state index contributed by atoms with van der Waals surface area (Å²) >= 11 is -23.6. The summed E-state index contributed by atoms with van der Waals surface area (Å²) in [6.07, 6.45) is 0. The first-order valence-corrected chi connectivity index (χ1v) is 13.5. The second-order valence-electron chi connectivity index (χ2n) is 1.34. The summed E-state index contributed by atoms with van der Waals surface area (Å²) < 4.78 is 154. The molecule has 0 spiro atoms. The normalized spacial score (nSPS) is 6.00. The Morgan fingerprint density at radius 3 is 0.280 bits per heavy atom. The molecule has 0 fully saturated rings. The van der Waals surface area contributed by atoms with Gasteiger partial charge in [0.05, 0.1) is 0 Å². The molecule has 0 aromatic rings. The van der Waals surface area contributed by atoms with E-state index in [1.54, 1.807) is 0 Å². The average molecular weight is 777 g/mol. The minimum absolute atomic E-state index is 0. The van der Waals surface area contributed by atoms with Crippen LogP contribution in [0.4, 0.5) is 0 Å². The molecule has 0 heterocycles. The van der Waals surface area contributed by atoms with Crippen LogP contribution in [-0.4, -0.2) is 0 Å². The first-order chi connectivity index (χ1) is 10.4. The van der Waals surface area contributed by atoms with Crippen molar-refractivity contribution in [3.05, 3.63) is 0 Å². The van der Waals surface area contributed by atoms with E-state index in [4.69, 9.17) is 68.3 Å². The van der Waals surface area contributed by atoms with Gasteiger partial charge in [-0.1, -0.05) is 0 Å². The van der Waals surface area contributed by atoms with Crippen molar-refractivity contribution in [3.8, 4) is 0 Å². The van der Waals surface area contributed by atoms with E-state index < -0.39 is 92.4 Å². The van der Waals surface area contributed by atoms with Crippen LogP contribution in [0.1, 0.15) is 0 Å². The van der Waals surface area contributed by atoms with E-state index in [1.807, 2.05) is 0 Å². The summed E-state index contributed by atoms with van der Waals surface area (Å²) in [5.74, 6) is 0. The summed E-state index contributed by atoms with van der Waals surface area (Å²) in [6.45, 7) is 0. The zero-order valence-corrected chi connectivity index (χ0v) is 21.8. The van der Waals surface area contributed by atoms with Gasteiger partial charge >= 0.3 is 182 Å². The van der Waals surface area contributed by atoms with Crippen molar-refractivity contribution in [1.29, 1.82) is 0 Å². The van der Waals surface area contributed by atoms with Gasteiger partial charge in [-0.15, -0.1) is 0 Å². The van der Waals surface area contributed by atoms with E-state index in [0.29, 0.717) is 0 Å². The zero-order valence-electron chi connectivity index (χ0n) is 10.4. The quantitative estimate of drug-likeness (QED) is 0.220. The molecule has 0 N–H and O–H groups in total. The Bertz CT molecular complexity index is 471. The maximum Gasteiger partial charge on any atom is 6.00 e. The monoisotopic (exact) mass is 778 g/mol. The molecule has 0 bridgehead atoms. The fourth-order valence-corrected chi connectivity index (χ4v) is 0. The van der Waals surface area contributed by atoms with Gasteiger partial charge in [0.25, 0.3) is 0 Å². The second kappa shape index (κ2) is 40.3. The van der Waals surface area contributed by atoms with Crippen LogP contribution in [0.15, 0.2) is 0 Å². The van der Waals surface area contributed by atoms with Crippen LogP contribution >= 0.6 is 0 Å². The molecule has 0 aliphatic rings. The maximum absolute atomic E-state index is 8.56. The molecule has 25 heavy (non-hydrogen) atoms. The Kier molecular flexibility index (Phi) is 73.1. The van der Waals surface area contributed by atoms with Gasteiger partial charge in [0.15, 0.2) is 0 Å². The largest absolute Gasteiger partial charge is 6.00 e. The number of rotatable bonds is 0. The molecule has 0 amide bonds. The van der Waals surface area contributed by atoms with Gasteiger partial charge < -0.3 is 0 Å². The van der Waals surface area contributed by atoms with Crippen LogP contribution in [0.2, 0.25) is 0 Å². The van der Waals surface area contributed by atoms with Crippen molar-refractivity contribution in [1.82, 2.24) is 0 Å². The van der Waals surface area contributed by atoms with Gasteiger partial charge in [-0.3, -0.25) is 0 Å². The molecule has 144 valence electrons. The number of hydrogen-bond donors (Lipinski definition) is 0. The van der Waals surface area contributed by atoms with Crippen molar-refractivity contribution in [2.75, 3.05) is 0 Å². The molecule has 0 aromatic heterocycles. The molecule has 0 aliphatic heterocycles. The van der Waals surface area contributed by atoms with Crippen molar-refractivity contribution in [2.45, 2.75) is 0 Å². The molecule has 25 heteroatoms. The minimum atomic E-state index is -3.94. The van der Waals surface area contributed by atoms with E-state index in [2.05, 4.69) is 0 Å². The summed E-state index contributed by atoms with van der Waals surface area (Å²) in [5.41, 5.74) is 0. The van der Waals surface area contributed by atoms with Gasteiger partial charge in [-0.2, -0.15) is 0 Å². The van der Waals surface area contributed by atoms with Crippen LogP contribution in [0.5, 0.6) is 0 Å². The summed E-state index contributed by atoms with van der Waals surface area (Å²) in [6, 6.07) is 0. The number of hydrogen-bond acceptors (Lipinski definition) is 18. The molecule has 0 rings (SSSR count). The summed E-state index contributed by atoms with van der Waals surface area (Å²) in [7, 11) is 0. The van der Waals surface area contributed by atoms with Crippen molar-refractivity contribution in [2.24, 2.45) is 0 Å². The summed E-state index contributed by atoms with van der Waals surface area (Å²) in [5, 5.41) is 0. The standard InChI is InChI=1S/18O.6V.W/q;;;;;;;;;;;;6*-1;;;;;;;+6. The molecule has 0 saturated heterocycles. The fourth-order valence-electron chi connectivity index (χ4n) is 0. The molecule has 0 saturated carbocycles. The maximum atomic E-state index is 8.56. The van der Waals surface area contributed by atoms with Crippen molar-refractivity contribution < 1.29 is 182 Å². The van der Waals surface area contributed by atoms with E-state index in [-0.39, 0.29) is 21.1 Å². The molecular formula is O18V6W. The van der Waals surface area contributed by atoms with Crippen molar-refractivity contribution >= 4 is 0 Å². The van der Waals surface area contributed by atoms with Gasteiger partial charge in [-0.25, -0.2) is 0 Å². The third-order valence-electron chi connectivity index (χ3n) is 0. The predicted octanol–water partition coefficient (Wildman–Crippen LogP) is -8.58. The van der Waals surface area contributed by atoms with E-state index in [0.717, 1.165) is 0 Å². The van der Waals surface area contributed by atoms with Gasteiger partial charge in [0, 0.05) is 0 Å². The third-order valence-corrected chi connectivity index (χ3v) is 0. The average Bonchev–Trinajstić information content (AvgIpc) is 2.08. The first-order valence-electron chi connectivity index (χ1n) is 3.29. The SMILES string of the molecule is [O]=[V](=[O])[O-].[O]=[V](=[O])[O-].[O]=[V](=[O])[O-].[O]=[V](=[O])[O-].[O]=[V](=[O])[O-].[O]=[V](=[O])[O-].[W+6]. The summed E-state index contributed by atoms with van der Waals surface area (Å²) in [4.78, 5) is 0. The fraction of sp³-hybridized carbons (Fsp3) is 0. The Morgan fingerprint density at radius 2 is 0.280 bits per heavy atom. The first kappa shape index (κ1) is 45.4. The van der Waals surface area contributed by atoms with E-state index in [9.17, 15) is 0 Å². The van der Waals surface area contributed by atoms with E-state index in [1.165, 1.54) is 0 Å².